The number of hydrogen-bond donors (Lipinski definition) is 1. The van der Waals surface area contributed by atoms with Gasteiger partial charge in [-0.3, -0.25) is 9.69 Å². The molecule has 1 saturated heterocycles. The summed E-state index contributed by atoms with van der Waals surface area (Å²) in [6.07, 6.45) is 0.803. The quantitative estimate of drug-likeness (QED) is 0.882. The molecule has 0 bridgehead atoms. The van der Waals surface area contributed by atoms with Crippen molar-refractivity contribution in [1.29, 1.82) is 0 Å². The van der Waals surface area contributed by atoms with Crippen LogP contribution in [0.3, 0.4) is 0 Å². The van der Waals surface area contributed by atoms with Gasteiger partial charge in [-0.05, 0) is 19.1 Å². The molecule has 1 heterocycles. The lowest BCUT2D eigenvalue weighted by atomic mass is 10.2. The first-order chi connectivity index (χ1) is 8.74. The molecule has 1 fully saturated rings. The van der Waals surface area contributed by atoms with Crippen LogP contribution in [0.15, 0.2) is 30.3 Å². The second-order valence-electron chi connectivity index (χ2n) is 4.65. The molecule has 4 heteroatoms. The molecule has 0 aromatic heterocycles. The van der Waals surface area contributed by atoms with Gasteiger partial charge in [0.1, 0.15) is 0 Å². The monoisotopic (exact) mass is 248 g/mol. The van der Waals surface area contributed by atoms with Gasteiger partial charge >= 0.3 is 0 Å². The first-order valence-electron chi connectivity index (χ1n) is 6.43. The van der Waals surface area contributed by atoms with Gasteiger partial charge in [-0.1, -0.05) is 18.2 Å². The molecule has 1 atom stereocenters. The number of carbonyl (C=O) groups is 1. The lowest BCUT2D eigenvalue weighted by molar-refractivity contribution is -0.117. The number of para-hydroxylation sites is 1. The number of carbonyl (C=O) groups excluding carboxylic acids is 1. The summed E-state index contributed by atoms with van der Waals surface area (Å²) in [5.74, 6) is 0.0698. The molecule has 0 unspecified atom stereocenters. The molecule has 18 heavy (non-hydrogen) atoms. The highest BCUT2D eigenvalue weighted by atomic mass is 16.5. The van der Waals surface area contributed by atoms with E-state index in [4.69, 9.17) is 4.74 Å². The van der Waals surface area contributed by atoms with E-state index in [2.05, 4.69) is 17.1 Å². The Morgan fingerprint density at radius 1 is 1.44 bits per heavy atom. The van der Waals surface area contributed by atoms with E-state index in [1.54, 1.807) is 0 Å². The third-order valence-electron chi connectivity index (χ3n) is 3.04. The molecule has 0 saturated carbocycles. The van der Waals surface area contributed by atoms with Gasteiger partial charge in [0.25, 0.3) is 0 Å². The van der Waals surface area contributed by atoms with Crippen LogP contribution in [0.4, 0.5) is 5.69 Å². The van der Waals surface area contributed by atoms with Crippen LogP contribution in [0.5, 0.6) is 0 Å². The molecular weight excluding hydrogens is 228 g/mol. The van der Waals surface area contributed by atoms with E-state index >= 15 is 0 Å². The van der Waals surface area contributed by atoms with E-state index in [1.165, 1.54) is 0 Å². The van der Waals surface area contributed by atoms with Gasteiger partial charge < -0.3 is 10.1 Å². The topological polar surface area (TPSA) is 41.6 Å². The maximum atomic E-state index is 11.8. The number of amides is 1. The predicted octanol–water partition coefficient (Wildman–Crippen LogP) is 1.74. The SMILES string of the molecule is C[C@H]1CN(CCC(=O)Nc2ccccc2)CCO1. The van der Waals surface area contributed by atoms with Crippen LogP contribution >= 0.6 is 0 Å². The minimum Gasteiger partial charge on any atom is -0.376 e. The van der Waals surface area contributed by atoms with Crippen LogP contribution in [-0.4, -0.2) is 43.2 Å². The summed E-state index contributed by atoms with van der Waals surface area (Å²) in [6, 6.07) is 9.56. The Balaban J connectivity index is 1.71. The number of hydrogen-bond acceptors (Lipinski definition) is 3. The molecule has 4 nitrogen and oxygen atoms in total. The number of nitrogens with one attached hydrogen (secondary N) is 1. The zero-order chi connectivity index (χ0) is 12.8. The highest BCUT2D eigenvalue weighted by molar-refractivity contribution is 5.90. The second kappa shape index (κ2) is 6.52. The van der Waals surface area contributed by atoms with Crippen molar-refractivity contribution in [3.8, 4) is 0 Å². The maximum Gasteiger partial charge on any atom is 0.225 e. The molecule has 2 rings (SSSR count). The van der Waals surface area contributed by atoms with Crippen molar-refractivity contribution in [2.45, 2.75) is 19.4 Å². The molecule has 1 aromatic carbocycles. The average Bonchev–Trinajstić information content (AvgIpc) is 2.38. The van der Waals surface area contributed by atoms with Crippen LogP contribution in [-0.2, 0) is 9.53 Å². The Bertz CT molecular complexity index is 381. The van der Waals surface area contributed by atoms with Crippen molar-refractivity contribution in [2.24, 2.45) is 0 Å². The highest BCUT2D eigenvalue weighted by Gasteiger charge is 2.16. The molecule has 1 aliphatic heterocycles. The Kier molecular flexibility index (Phi) is 4.73. The molecule has 0 spiro atoms. The van der Waals surface area contributed by atoms with E-state index in [0.29, 0.717) is 6.42 Å². The van der Waals surface area contributed by atoms with Crippen LogP contribution in [0, 0.1) is 0 Å². The van der Waals surface area contributed by atoms with Gasteiger partial charge in [0.05, 0.1) is 12.7 Å². The Morgan fingerprint density at radius 3 is 2.94 bits per heavy atom. The van der Waals surface area contributed by atoms with E-state index < -0.39 is 0 Å². The fraction of sp³-hybridized carbons (Fsp3) is 0.500. The molecule has 1 N–H and O–H groups in total. The second-order valence-corrected chi connectivity index (χ2v) is 4.65. The zero-order valence-electron chi connectivity index (χ0n) is 10.8. The van der Waals surface area contributed by atoms with Crippen molar-refractivity contribution in [1.82, 2.24) is 4.90 Å². The minimum absolute atomic E-state index is 0.0698. The third-order valence-corrected chi connectivity index (χ3v) is 3.04. The number of morpholine rings is 1. The molecule has 98 valence electrons. The van der Waals surface area contributed by atoms with Crippen LogP contribution in [0.1, 0.15) is 13.3 Å². The standard InChI is InChI=1S/C14H20N2O2/c1-12-11-16(9-10-18-12)8-7-14(17)15-13-5-3-2-4-6-13/h2-6,12H,7-11H2,1H3,(H,15,17)/t12-/m0/s1. The maximum absolute atomic E-state index is 11.8. The van der Waals surface area contributed by atoms with Crippen molar-refractivity contribution >= 4 is 11.6 Å². The fourth-order valence-electron chi connectivity index (χ4n) is 2.10. The van der Waals surface area contributed by atoms with Crippen LogP contribution < -0.4 is 5.32 Å². The molecule has 1 aliphatic rings. The van der Waals surface area contributed by atoms with Gasteiger partial charge in [0, 0.05) is 31.7 Å². The molecule has 0 radical (unpaired) electrons. The lowest BCUT2D eigenvalue weighted by Gasteiger charge is -2.30. The van der Waals surface area contributed by atoms with Crippen molar-refractivity contribution in [3.05, 3.63) is 30.3 Å². The number of ether oxygens (including phenoxy) is 1. The van der Waals surface area contributed by atoms with E-state index in [-0.39, 0.29) is 12.0 Å². The Morgan fingerprint density at radius 2 is 2.22 bits per heavy atom. The van der Waals surface area contributed by atoms with E-state index in [0.717, 1.165) is 31.9 Å². The minimum atomic E-state index is 0.0698. The van der Waals surface area contributed by atoms with Crippen LogP contribution in [0.2, 0.25) is 0 Å². The molecule has 0 aliphatic carbocycles. The smallest absolute Gasteiger partial charge is 0.225 e. The Labute approximate surface area is 108 Å². The molecule has 1 aromatic rings. The Hall–Kier alpha value is -1.39. The van der Waals surface area contributed by atoms with Crippen LogP contribution in [0.25, 0.3) is 0 Å². The first kappa shape index (κ1) is 13.1. The lowest BCUT2D eigenvalue weighted by Crippen LogP contribution is -2.42. The van der Waals surface area contributed by atoms with Gasteiger partial charge in [0.2, 0.25) is 5.91 Å². The van der Waals surface area contributed by atoms with Gasteiger partial charge in [-0.15, -0.1) is 0 Å². The highest BCUT2D eigenvalue weighted by Crippen LogP contribution is 2.07. The number of rotatable bonds is 4. The van der Waals surface area contributed by atoms with Crippen molar-refractivity contribution in [3.63, 3.8) is 0 Å². The molecular formula is C14H20N2O2. The predicted molar refractivity (Wildman–Crippen MR) is 71.5 cm³/mol. The third kappa shape index (κ3) is 4.13. The number of anilines is 1. The average molecular weight is 248 g/mol. The summed E-state index contributed by atoms with van der Waals surface area (Å²) in [6.45, 7) is 5.46. The number of nitrogens with zero attached hydrogens (tertiary/aromatic N) is 1. The van der Waals surface area contributed by atoms with Crippen molar-refractivity contribution in [2.75, 3.05) is 31.6 Å². The van der Waals surface area contributed by atoms with Gasteiger partial charge in [-0.25, -0.2) is 0 Å². The summed E-state index contributed by atoms with van der Waals surface area (Å²) in [4.78, 5) is 14.0. The normalized spacial score (nSPS) is 20.6. The van der Waals surface area contributed by atoms with E-state index in [9.17, 15) is 4.79 Å². The summed E-state index contributed by atoms with van der Waals surface area (Å²) < 4.78 is 5.47. The van der Waals surface area contributed by atoms with E-state index in [1.807, 2.05) is 30.3 Å². The number of benzene rings is 1. The van der Waals surface area contributed by atoms with Gasteiger partial charge in [0.15, 0.2) is 0 Å². The van der Waals surface area contributed by atoms with Crippen molar-refractivity contribution < 1.29 is 9.53 Å². The molecule has 1 amide bonds. The summed E-state index contributed by atoms with van der Waals surface area (Å²) in [5.41, 5.74) is 0.859. The zero-order valence-corrected chi connectivity index (χ0v) is 10.8. The largest absolute Gasteiger partial charge is 0.376 e. The first-order valence-corrected chi connectivity index (χ1v) is 6.43. The van der Waals surface area contributed by atoms with Gasteiger partial charge in [-0.2, -0.15) is 0 Å². The summed E-state index contributed by atoms with van der Waals surface area (Å²) in [7, 11) is 0. The summed E-state index contributed by atoms with van der Waals surface area (Å²) >= 11 is 0. The summed E-state index contributed by atoms with van der Waals surface area (Å²) in [5, 5.41) is 2.90. The fourth-order valence-corrected chi connectivity index (χ4v) is 2.10.